The van der Waals surface area contributed by atoms with E-state index in [4.69, 9.17) is 4.74 Å². The number of carbonyl (C=O) groups is 1. The molecule has 0 heterocycles. The van der Waals surface area contributed by atoms with E-state index in [1.165, 1.54) is 0 Å². The maximum atomic E-state index is 11.9. The second-order valence-electron chi connectivity index (χ2n) is 6.16. The Morgan fingerprint density at radius 3 is 2.36 bits per heavy atom. The first-order chi connectivity index (χ1) is 10.1. The molecular formula is C16H25NO4S. The van der Waals surface area contributed by atoms with Gasteiger partial charge in [-0.2, -0.15) is 0 Å². The van der Waals surface area contributed by atoms with E-state index in [-0.39, 0.29) is 18.2 Å². The number of hydrogen-bond acceptors (Lipinski definition) is 4. The molecule has 0 saturated heterocycles. The van der Waals surface area contributed by atoms with Crippen LogP contribution >= 0.6 is 0 Å². The van der Waals surface area contributed by atoms with Gasteiger partial charge >= 0.3 is 0 Å². The highest BCUT2D eigenvalue weighted by Gasteiger charge is 2.28. The van der Waals surface area contributed by atoms with Crippen LogP contribution in [0.3, 0.4) is 0 Å². The Labute approximate surface area is 133 Å². The molecule has 0 aliphatic carbocycles. The number of benzene rings is 1. The molecule has 0 aliphatic heterocycles. The molecule has 0 saturated carbocycles. The molecular weight excluding hydrogens is 302 g/mol. The molecule has 1 aromatic carbocycles. The minimum absolute atomic E-state index is 0.0757. The molecule has 0 spiro atoms. The molecule has 0 aliphatic rings. The van der Waals surface area contributed by atoms with Crippen molar-refractivity contribution in [3.8, 4) is 0 Å². The fraction of sp³-hybridized carbons (Fsp3) is 0.562. The fourth-order valence-corrected chi connectivity index (χ4v) is 2.61. The van der Waals surface area contributed by atoms with Crippen LogP contribution in [0, 0.1) is 0 Å². The number of hydrogen-bond donors (Lipinski definition) is 1. The molecule has 1 amide bonds. The lowest BCUT2D eigenvalue weighted by Crippen LogP contribution is -2.40. The highest BCUT2D eigenvalue weighted by atomic mass is 32.2. The zero-order valence-corrected chi connectivity index (χ0v) is 14.4. The van der Waals surface area contributed by atoms with Gasteiger partial charge in [-0.15, -0.1) is 0 Å². The average Bonchev–Trinajstić information content (AvgIpc) is 2.44. The van der Waals surface area contributed by atoms with Crippen LogP contribution in [0.4, 0.5) is 0 Å². The highest BCUT2D eigenvalue weighted by molar-refractivity contribution is 7.92. The molecule has 1 unspecified atom stereocenters. The molecule has 1 rings (SSSR count). The molecule has 22 heavy (non-hydrogen) atoms. The standard InChI is InChI=1S/C16H25NO4S/c1-13(21-12-14-8-6-5-7-9-14)15(18)17-10-11-22(19,20)16(2,3)4/h5-9,13H,10-12H2,1-4H3,(H,17,18). The van der Waals surface area contributed by atoms with E-state index in [9.17, 15) is 13.2 Å². The number of carbonyl (C=O) groups excluding carboxylic acids is 1. The van der Waals surface area contributed by atoms with Crippen LogP contribution in [-0.2, 0) is 26.0 Å². The summed E-state index contributed by atoms with van der Waals surface area (Å²) < 4.78 is 28.5. The van der Waals surface area contributed by atoms with Gasteiger partial charge in [0.2, 0.25) is 5.91 Å². The molecule has 1 N–H and O–H groups in total. The van der Waals surface area contributed by atoms with Crippen molar-refractivity contribution in [2.45, 2.75) is 45.2 Å². The molecule has 0 fully saturated rings. The van der Waals surface area contributed by atoms with Crippen LogP contribution in [0.15, 0.2) is 30.3 Å². The summed E-state index contributed by atoms with van der Waals surface area (Å²) in [5.41, 5.74) is 0.984. The summed E-state index contributed by atoms with van der Waals surface area (Å²) in [6.07, 6.45) is -0.627. The predicted molar refractivity (Wildman–Crippen MR) is 87.2 cm³/mol. The van der Waals surface area contributed by atoms with E-state index in [0.717, 1.165) is 5.56 Å². The Morgan fingerprint density at radius 1 is 1.23 bits per heavy atom. The number of amides is 1. The summed E-state index contributed by atoms with van der Waals surface area (Å²) in [7, 11) is -3.23. The summed E-state index contributed by atoms with van der Waals surface area (Å²) in [5.74, 6) is -0.381. The van der Waals surface area contributed by atoms with E-state index >= 15 is 0 Å². The van der Waals surface area contributed by atoms with Crippen LogP contribution in [0.2, 0.25) is 0 Å². The van der Waals surface area contributed by atoms with E-state index in [0.29, 0.717) is 6.61 Å². The van der Waals surface area contributed by atoms with Gasteiger partial charge in [0.1, 0.15) is 6.10 Å². The summed E-state index contributed by atoms with van der Waals surface area (Å²) in [6, 6.07) is 9.55. The van der Waals surface area contributed by atoms with E-state index in [1.807, 2.05) is 30.3 Å². The van der Waals surface area contributed by atoms with Crippen molar-refractivity contribution in [2.24, 2.45) is 0 Å². The Hall–Kier alpha value is -1.40. The highest BCUT2D eigenvalue weighted by Crippen LogP contribution is 2.15. The average molecular weight is 327 g/mol. The maximum Gasteiger partial charge on any atom is 0.248 e. The number of ether oxygens (including phenoxy) is 1. The summed E-state index contributed by atoms with van der Waals surface area (Å²) in [6.45, 7) is 7.03. The smallest absolute Gasteiger partial charge is 0.248 e. The summed E-state index contributed by atoms with van der Waals surface area (Å²) >= 11 is 0. The monoisotopic (exact) mass is 327 g/mol. The number of nitrogens with one attached hydrogen (secondary N) is 1. The minimum Gasteiger partial charge on any atom is -0.364 e. The molecule has 5 nitrogen and oxygen atoms in total. The maximum absolute atomic E-state index is 11.9. The first-order valence-corrected chi connectivity index (χ1v) is 8.94. The molecule has 0 bridgehead atoms. The van der Waals surface area contributed by atoms with E-state index in [2.05, 4.69) is 5.32 Å². The molecule has 0 radical (unpaired) electrons. The lowest BCUT2D eigenvalue weighted by atomic mass is 10.2. The van der Waals surface area contributed by atoms with Crippen LogP contribution in [0.5, 0.6) is 0 Å². The van der Waals surface area contributed by atoms with Crippen molar-refractivity contribution in [2.75, 3.05) is 12.3 Å². The third-order valence-corrected chi connectivity index (χ3v) is 5.92. The van der Waals surface area contributed by atoms with Crippen molar-refractivity contribution in [3.63, 3.8) is 0 Å². The SMILES string of the molecule is CC(OCc1ccccc1)C(=O)NCCS(=O)(=O)C(C)(C)C. The van der Waals surface area contributed by atoms with Gasteiger partial charge in [0.25, 0.3) is 0 Å². The normalized spacial score (nSPS) is 13.6. The van der Waals surface area contributed by atoms with Gasteiger partial charge in [0.05, 0.1) is 17.1 Å². The minimum atomic E-state index is -3.23. The van der Waals surface area contributed by atoms with Gasteiger partial charge in [0.15, 0.2) is 9.84 Å². The topological polar surface area (TPSA) is 72.5 Å². The van der Waals surface area contributed by atoms with Crippen LogP contribution in [0.1, 0.15) is 33.3 Å². The Balaban J connectivity index is 2.36. The zero-order valence-electron chi connectivity index (χ0n) is 13.6. The largest absolute Gasteiger partial charge is 0.364 e. The zero-order chi connectivity index (χ0) is 16.8. The Morgan fingerprint density at radius 2 is 1.82 bits per heavy atom. The van der Waals surface area contributed by atoms with Gasteiger partial charge in [-0.05, 0) is 33.3 Å². The summed E-state index contributed by atoms with van der Waals surface area (Å²) in [4.78, 5) is 11.9. The first-order valence-electron chi connectivity index (χ1n) is 7.29. The summed E-state index contributed by atoms with van der Waals surface area (Å²) in [5, 5.41) is 2.60. The second-order valence-corrected chi connectivity index (χ2v) is 9.02. The molecule has 0 aromatic heterocycles. The van der Waals surface area contributed by atoms with E-state index in [1.54, 1.807) is 27.7 Å². The quantitative estimate of drug-likeness (QED) is 0.830. The van der Waals surface area contributed by atoms with Crippen molar-refractivity contribution in [1.29, 1.82) is 0 Å². The van der Waals surface area contributed by atoms with Crippen LogP contribution in [0.25, 0.3) is 0 Å². The van der Waals surface area contributed by atoms with Gasteiger partial charge in [0, 0.05) is 6.54 Å². The van der Waals surface area contributed by atoms with Crippen LogP contribution in [-0.4, -0.2) is 37.5 Å². The number of rotatable bonds is 7. The second kappa shape index (κ2) is 7.74. The lowest BCUT2D eigenvalue weighted by Gasteiger charge is -2.19. The van der Waals surface area contributed by atoms with Gasteiger partial charge in [-0.3, -0.25) is 4.79 Å². The molecule has 1 aromatic rings. The molecule has 124 valence electrons. The first kappa shape index (κ1) is 18.6. The van der Waals surface area contributed by atoms with Gasteiger partial charge < -0.3 is 10.1 Å². The predicted octanol–water partition coefficient (Wildman–Crippen LogP) is 1.92. The lowest BCUT2D eigenvalue weighted by molar-refractivity contribution is -0.132. The van der Waals surface area contributed by atoms with Gasteiger partial charge in [-0.25, -0.2) is 8.42 Å². The molecule has 1 atom stereocenters. The van der Waals surface area contributed by atoms with Gasteiger partial charge in [-0.1, -0.05) is 30.3 Å². The van der Waals surface area contributed by atoms with Crippen LogP contribution < -0.4 is 5.32 Å². The van der Waals surface area contributed by atoms with E-state index < -0.39 is 20.7 Å². The molecule has 6 heteroatoms. The number of sulfone groups is 1. The third kappa shape index (κ3) is 5.77. The van der Waals surface area contributed by atoms with Crippen molar-refractivity contribution >= 4 is 15.7 Å². The van der Waals surface area contributed by atoms with Crippen molar-refractivity contribution in [1.82, 2.24) is 5.32 Å². The Bertz CT molecular complexity index is 576. The Kier molecular flexibility index (Phi) is 6.56. The fourth-order valence-electron chi connectivity index (χ4n) is 1.63. The van der Waals surface area contributed by atoms with Crippen molar-refractivity contribution < 1.29 is 17.9 Å². The third-order valence-electron chi connectivity index (χ3n) is 3.32. The van der Waals surface area contributed by atoms with Crippen molar-refractivity contribution in [3.05, 3.63) is 35.9 Å².